The monoisotopic (exact) mass is 291 g/mol. The lowest BCUT2D eigenvalue weighted by atomic mass is 10.2. The maximum atomic E-state index is 10.6. The Bertz CT molecular complexity index is 441. The lowest BCUT2D eigenvalue weighted by Crippen LogP contribution is -2.38. The summed E-state index contributed by atoms with van der Waals surface area (Å²) in [4.78, 5) is 13.2. The Kier molecular flexibility index (Phi) is 6.02. The number of amides is 1. The van der Waals surface area contributed by atoms with Crippen LogP contribution in [0.25, 0.3) is 0 Å². The van der Waals surface area contributed by atoms with Gasteiger partial charge in [0.15, 0.2) is 6.61 Å². The van der Waals surface area contributed by atoms with Gasteiger partial charge in [0, 0.05) is 19.1 Å². The summed E-state index contributed by atoms with van der Waals surface area (Å²) in [5.74, 6) is 0.208. The molecule has 1 aliphatic heterocycles. The molecule has 1 heterocycles. The van der Waals surface area contributed by atoms with Gasteiger partial charge in [-0.05, 0) is 50.6 Å². The molecule has 0 spiro atoms. The van der Waals surface area contributed by atoms with Gasteiger partial charge in [0.05, 0.1) is 0 Å². The summed E-state index contributed by atoms with van der Waals surface area (Å²) in [5.41, 5.74) is 6.24. The zero-order valence-electron chi connectivity index (χ0n) is 12.7. The van der Waals surface area contributed by atoms with E-state index in [4.69, 9.17) is 10.5 Å². The summed E-state index contributed by atoms with van der Waals surface area (Å²) in [6.07, 6.45) is 2.66. The van der Waals surface area contributed by atoms with Crippen LogP contribution in [0.2, 0.25) is 0 Å². The average molecular weight is 291 g/mol. The smallest absolute Gasteiger partial charge is 0.255 e. The Balaban J connectivity index is 1.69. The number of hydrogen-bond acceptors (Lipinski definition) is 4. The van der Waals surface area contributed by atoms with Crippen molar-refractivity contribution in [3.8, 4) is 5.75 Å². The number of benzene rings is 1. The topological polar surface area (TPSA) is 67.6 Å². The number of likely N-dealkylation sites (tertiary alicyclic amines) is 1. The lowest BCUT2D eigenvalue weighted by Gasteiger charge is -2.24. The SMILES string of the molecule is CC(CNCc1ccc(OCC(N)=O)cc1)N1CCCC1. The van der Waals surface area contributed by atoms with E-state index in [9.17, 15) is 4.79 Å². The van der Waals surface area contributed by atoms with Gasteiger partial charge in [-0.3, -0.25) is 9.69 Å². The number of carbonyl (C=O) groups excluding carboxylic acids is 1. The van der Waals surface area contributed by atoms with Crippen LogP contribution < -0.4 is 15.8 Å². The van der Waals surface area contributed by atoms with Gasteiger partial charge in [-0.1, -0.05) is 12.1 Å². The molecule has 1 unspecified atom stereocenters. The van der Waals surface area contributed by atoms with Crippen LogP contribution in [-0.4, -0.2) is 43.1 Å². The van der Waals surface area contributed by atoms with E-state index in [0.29, 0.717) is 11.8 Å². The number of rotatable bonds is 8. The Morgan fingerprint density at radius 1 is 1.33 bits per heavy atom. The van der Waals surface area contributed by atoms with Crippen LogP contribution in [0.5, 0.6) is 5.75 Å². The fourth-order valence-electron chi connectivity index (χ4n) is 2.59. The summed E-state index contributed by atoms with van der Waals surface area (Å²) in [6.45, 7) is 6.50. The summed E-state index contributed by atoms with van der Waals surface area (Å²) >= 11 is 0. The fourth-order valence-corrected chi connectivity index (χ4v) is 2.59. The number of carbonyl (C=O) groups is 1. The molecule has 0 saturated carbocycles. The van der Waals surface area contributed by atoms with E-state index in [1.54, 1.807) is 0 Å². The molecule has 1 amide bonds. The van der Waals surface area contributed by atoms with Gasteiger partial charge in [-0.2, -0.15) is 0 Å². The first-order valence-electron chi connectivity index (χ1n) is 7.60. The molecular weight excluding hydrogens is 266 g/mol. The van der Waals surface area contributed by atoms with Crippen molar-refractivity contribution in [1.29, 1.82) is 0 Å². The van der Waals surface area contributed by atoms with Gasteiger partial charge in [0.25, 0.3) is 5.91 Å². The van der Waals surface area contributed by atoms with Crippen molar-refractivity contribution in [1.82, 2.24) is 10.2 Å². The molecule has 1 aromatic rings. The number of hydrogen-bond donors (Lipinski definition) is 2. The molecule has 1 fully saturated rings. The molecule has 1 saturated heterocycles. The summed E-state index contributed by atoms with van der Waals surface area (Å²) in [6, 6.07) is 8.33. The van der Waals surface area contributed by atoms with E-state index < -0.39 is 5.91 Å². The molecule has 5 nitrogen and oxygen atoms in total. The third kappa shape index (κ3) is 5.36. The highest BCUT2D eigenvalue weighted by atomic mass is 16.5. The third-order valence-corrected chi connectivity index (χ3v) is 3.84. The minimum atomic E-state index is -0.461. The van der Waals surface area contributed by atoms with E-state index in [1.165, 1.54) is 31.5 Å². The van der Waals surface area contributed by atoms with E-state index in [0.717, 1.165) is 13.1 Å². The van der Waals surface area contributed by atoms with Crippen LogP contribution in [0, 0.1) is 0 Å². The Labute approximate surface area is 126 Å². The molecule has 116 valence electrons. The van der Waals surface area contributed by atoms with Crippen LogP contribution in [-0.2, 0) is 11.3 Å². The van der Waals surface area contributed by atoms with Gasteiger partial charge < -0.3 is 15.8 Å². The Hall–Kier alpha value is -1.59. The first-order valence-corrected chi connectivity index (χ1v) is 7.60. The van der Waals surface area contributed by atoms with Crippen LogP contribution in [0.3, 0.4) is 0 Å². The molecule has 0 aromatic heterocycles. The summed E-state index contributed by atoms with van der Waals surface area (Å²) < 4.78 is 5.23. The Morgan fingerprint density at radius 2 is 2.00 bits per heavy atom. The van der Waals surface area contributed by atoms with Gasteiger partial charge in [0.1, 0.15) is 5.75 Å². The van der Waals surface area contributed by atoms with Crippen LogP contribution in [0.15, 0.2) is 24.3 Å². The van der Waals surface area contributed by atoms with Crippen molar-refractivity contribution >= 4 is 5.91 Å². The minimum absolute atomic E-state index is 0.0784. The van der Waals surface area contributed by atoms with Crippen molar-refractivity contribution in [2.75, 3.05) is 26.2 Å². The van der Waals surface area contributed by atoms with E-state index >= 15 is 0 Å². The quantitative estimate of drug-likeness (QED) is 0.753. The summed E-state index contributed by atoms with van der Waals surface area (Å²) in [7, 11) is 0. The van der Waals surface area contributed by atoms with E-state index in [-0.39, 0.29) is 6.61 Å². The van der Waals surface area contributed by atoms with Crippen molar-refractivity contribution in [2.45, 2.75) is 32.4 Å². The van der Waals surface area contributed by atoms with E-state index in [1.807, 2.05) is 24.3 Å². The standard InChI is InChI=1S/C16H25N3O2/c1-13(19-8-2-3-9-19)10-18-11-14-4-6-15(7-5-14)21-12-16(17)20/h4-7,13,18H,2-3,8-12H2,1H3,(H2,17,20). The molecule has 2 rings (SSSR count). The van der Waals surface area contributed by atoms with Gasteiger partial charge in [-0.25, -0.2) is 0 Å². The number of nitrogens with two attached hydrogens (primary N) is 1. The van der Waals surface area contributed by atoms with Crippen LogP contribution >= 0.6 is 0 Å². The first kappa shape index (κ1) is 15.8. The highest BCUT2D eigenvalue weighted by Crippen LogP contribution is 2.13. The Morgan fingerprint density at radius 3 is 2.62 bits per heavy atom. The zero-order valence-corrected chi connectivity index (χ0v) is 12.7. The zero-order chi connectivity index (χ0) is 15.1. The normalized spacial score (nSPS) is 16.8. The van der Waals surface area contributed by atoms with Crippen LogP contribution in [0.4, 0.5) is 0 Å². The van der Waals surface area contributed by atoms with E-state index in [2.05, 4.69) is 17.1 Å². The molecule has 3 N–H and O–H groups in total. The maximum Gasteiger partial charge on any atom is 0.255 e. The second kappa shape index (κ2) is 8.00. The molecular formula is C16H25N3O2. The van der Waals surface area contributed by atoms with Gasteiger partial charge >= 0.3 is 0 Å². The lowest BCUT2D eigenvalue weighted by molar-refractivity contribution is -0.119. The molecule has 0 aliphatic carbocycles. The van der Waals surface area contributed by atoms with Gasteiger partial charge in [0.2, 0.25) is 0 Å². The second-order valence-electron chi connectivity index (χ2n) is 5.62. The molecule has 0 bridgehead atoms. The predicted molar refractivity (Wildman–Crippen MR) is 83.1 cm³/mol. The number of nitrogens with one attached hydrogen (secondary N) is 1. The maximum absolute atomic E-state index is 10.6. The molecule has 21 heavy (non-hydrogen) atoms. The molecule has 5 heteroatoms. The number of nitrogens with zero attached hydrogens (tertiary/aromatic N) is 1. The number of primary amides is 1. The third-order valence-electron chi connectivity index (χ3n) is 3.84. The largest absolute Gasteiger partial charge is 0.484 e. The highest BCUT2D eigenvalue weighted by molar-refractivity contribution is 5.75. The minimum Gasteiger partial charge on any atom is -0.484 e. The molecule has 1 aliphatic rings. The van der Waals surface area contributed by atoms with Crippen molar-refractivity contribution in [2.24, 2.45) is 5.73 Å². The van der Waals surface area contributed by atoms with Crippen molar-refractivity contribution < 1.29 is 9.53 Å². The predicted octanol–water partition coefficient (Wildman–Crippen LogP) is 1.12. The highest BCUT2D eigenvalue weighted by Gasteiger charge is 2.17. The first-order chi connectivity index (χ1) is 10.1. The van der Waals surface area contributed by atoms with Crippen molar-refractivity contribution in [3.05, 3.63) is 29.8 Å². The fraction of sp³-hybridized carbons (Fsp3) is 0.562. The van der Waals surface area contributed by atoms with Crippen LogP contribution in [0.1, 0.15) is 25.3 Å². The average Bonchev–Trinajstić information content (AvgIpc) is 3.00. The second-order valence-corrected chi connectivity index (χ2v) is 5.62. The van der Waals surface area contributed by atoms with Crippen molar-refractivity contribution in [3.63, 3.8) is 0 Å². The number of ether oxygens (including phenoxy) is 1. The molecule has 1 aromatic carbocycles. The summed E-state index contributed by atoms with van der Waals surface area (Å²) in [5, 5.41) is 3.49. The molecule has 0 radical (unpaired) electrons. The molecule has 1 atom stereocenters. The van der Waals surface area contributed by atoms with Gasteiger partial charge in [-0.15, -0.1) is 0 Å².